The molecule has 0 radical (unpaired) electrons. The van der Waals surface area contributed by atoms with Crippen molar-refractivity contribution in [3.63, 3.8) is 0 Å². The molecule has 1 unspecified atom stereocenters. The molecular weight excluding hydrogens is 337 g/mol. The fourth-order valence-corrected chi connectivity index (χ4v) is 1.87. The summed E-state index contributed by atoms with van der Waals surface area (Å²) >= 11 is 3.29. The Hall–Kier alpha value is -0.660. The first-order valence-electron chi connectivity index (χ1n) is 6.39. The van der Waals surface area contributed by atoms with Gasteiger partial charge in [0.15, 0.2) is 0 Å². The van der Waals surface area contributed by atoms with Crippen LogP contribution in [0.1, 0.15) is 19.0 Å². The van der Waals surface area contributed by atoms with Crippen molar-refractivity contribution in [1.82, 2.24) is 10.3 Å². The van der Waals surface area contributed by atoms with Crippen LogP contribution in [-0.2, 0) is 11.2 Å². The van der Waals surface area contributed by atoms with Gasteiger partial charge in [-0.05, 0) is 41.0 Å². The maximum Gasteiger partial charge on any atom is 0.411 e. The fourth-order valence-electron chi connectivity index (χ4n) is 1.64. The molecule has 1 N–H and O–H groups in total. The van der Waals surface area contributed by atoms with Crippen molar-refractivity contribution in [2.24, 2.45) is 0 Å². The summed E-state index contributed by atoms with van der Waals surface area (Å²) in [6, 6.07) is 3.52. The molecule has 1 aromatic heterocycles. The van der Waals surface area contributed by atoms with Gasteiger partial charge < -0.3 is 10.1 Å². The van der Waals surface area contributed by atoms with Crippen molar-refractivity contribution < 1.29 is 17.9 Å². The van der Waals surface area contributed by atoms with Gasteiger partial charge in [0.1, 0.15) is 6.61 Å². The molecule has 1 aromatic rings. The maximum atomic E-state index is 12.1. The van der Waals surface area contributed by atoms with Gasteiger partial charge in [-0.2, -0.15) is 13.2 Å². The predicted molar refractivity (Wildman–Crippen MR) is 74.6 cm³/mol. The van der Waals surface area contributed by atoms with Crippen molar-refractivity contribution in [3.8, 4) is 0 Å². The van der Waals surface area contributed by atoms with E-state index in [2.05, 4.69) is 26.2 Å². The highest BCUT2D eigenvalue weighted by molar-refractivity contribution is 9.10. The smallest absolute Gasteiger partial charge is 0.370 e. The SMILES string of the molecule is CCCNC(COCC(F)(F)F)Cc1ccc(Br)cn1. The van der Waals surface area contributed by atoms with Gasteiger partial charge in [-0.3, -0.25) is 4.98 Å². The number of halogens is 4. The van der Waals surface area contributed by atoms with Crippen LogP contribution in [0.5, 0.6) is 0 Å². The molecular formula is C13H18BrF3N2O. The normalized spacial score (nSPS) is 13.4. The minimum atomic E-state index is -4.29. The van der Waals surface area contributed by atoms with E-state index >= 15 is 0 Å². The van der Waals surface area contributed by atoms with Gasteiger partial charge in [0.2, 0.25) is 0 Å². The average Bonchev–Trinajstić information content (AvgIpc) is 2.37. The molecule has 1 rings (SSSR count). The van der Waals surface area contributed by atoms with Crippen LogP contribution in [0.3, 0.4) is 0 Å². The van der Waals surface area contributed by atoms with E-state index in [-0.39, 0.29) is 12.6 Å². The van der Waals surface area contributed by atoms with Gasteiger partial charge >= 0.3 is 6.18 Å². The van der Waals surface area contributed by atoms with E-state index in [1.807, 2.05) is 19.1 Å². The van der Waals surface area contributed by atoms with Crippen LogP contribution in [0.15, 0.2) is 22.8 Å². The highest BCUT2D eigenvalue weighted by Gasteiger charge is 2.27. The molecule has 0 saturated carbocycles. The van der Waals surface area contributed by atoms with Gasteiger partial charge in [0.05, 0.1) is 6.61 Å². The first-order chi connectivity index (χ1) is 9.40. The number of hydrogen-bond donors (Lipinski definition) is 1. The van der Waals surface area contributed by atoms with Gasteiger partial charge in [0, 0.05) is 28.8 Å². The zero-order valence-corrected chi connectivity index (χ0v) is 12.8. The van der Waals surface area contributed by atoms with Crippen molar-refractivity contribution in [3.05, 3.63) is 28.5 Å². The number of alkyl halides is 3. The van der Waals surface area contributed by atoms with Crippen LogP contribution >= 0.6 is 15.9 Å². The molecule has 0 fully saturated rings. The molecule has 0 aliphatic rings. The van der Waals surface area contributed by atoms with E-state index in [1.54, 1.807) is 6.20 Å². The largest absolute Gasteiger partial charge is 0.411 e. The third-order valence-electron chi connectivity index (χ3n) is 2.51. The Morgan fingerprint density at radius 3 is 2.70 bits per heavy atom. The Morgan fingerprint density at radius 2 is 2.15 bits per heavy atom. The lowest BCUT2D eigenvalue weighted by Crippen LogP contribution is -2.37. The van der Waals surface area contributed by atoms with E-state index < -0.39 is 12.8 Å². The van der Waals surface area contributed by atoms with E-state index in [1.165, 1.54) is 0 Å². The number of pyridine rings is 1. The summed E-state index contributed by atoms with van der Waals surface area (Å²) in [4.78, 5) is 4.22. The summed E-state index contributed by atoms with van der Waals surface area (Å²) < 4.78 is 41.8. The second-order valence-electron chi connectivity index (χ2n) is 4.45. The van der Waals surface area contributed by atoms with Crippen LogP contribution < -0.4 is 5.32 Å². The molecule has 0 aliphatic carbocycles. The minimum Gasteiger partial charge on any atom is -0.370 e. The van der Waals surface area contributed by atoms with E-state index in [0.717, 1.165) is 23.1 Å². The van der Waals surface area contributed by atoms with Gasteiger partial charge in [-0.1, -0.05) is 6.92 Å². The summed E-state index contributed by atoms with van der Waals surface area (Å²) in [5.41, 5.74) is 0.817. The number of nitrogens with one attached hydrogen (secondary N) is 1. The van der Waals surface area contributed by atoms with Gasteiger partial charge in [-0.15, -0.1) is 0 Å². The lowest BCUT2D eigenvalue weighted by Gasteiger charge is -2.19. The second-order valence-corrected chi connectivity index (χ2v) is 5.37. The second kappa shape index (κ2) is 8.59. The summed E-state index contributed by atoms with van der Waals surface area (Å²) in [6.45, 7) is 1.53. The molecule has 0 saturated heterocycles. The lowest BCUT2D eigenvalue weighted by molar-refractivity contribution is -0.175. The van der Waals surface area contributed by atoms with E-state index in [4.69, 9.17) is 4.74 Å². The summed E-state index contributed by atoms with van der Waals surface area (Å²) in [7, 11) is 0. The molecule has 7 heteroatoms. The summed E-state index contributed by atoms with van der Waals surface area (Å²) in [5, 5.41) is 3.17. The zero-order valence-electron chi connectivity index (χ0n) is 11.2. The molecule has 1 heterocycles. The number of ether oxygens (including phenoxy) is 1. The third-order valence-corrected chi connectivity index (χ3v) is 2.98. The molecule has 3 nitrogen and oxygen atoms in total. The molecule has 20 heavy (non-hydrogen) atoms. The lowest BCUT2D eigenvalue weighted by atomic mass is 10.1. The highest BCUT2D eigenvalue weighted by atomic mass is 79.9. The van der Waals surface area contributed by atoms with Crippen LogP contribution in [-0.4, -0.2) is 37.0 Å². The fraction of sp³-hybridized carbons (Fsp3) is 0.615. The number of hydrogen-bond acceptors (Lipinski definition) is 3. The molecule has 0 spiro atoms. The highest BCUT2D eigenvalue weighted by Crippen LogP contribution is 2.15. The molecule has 0 bridgehead atoms. The zero-order chi connectivity index (χ0) is 15.0. The van der Waals surface area contributed by atoms with E-state index in [9.17, 15) is 13.2 Å². The average molecular weight is 355 g/mol. The quantitative estimate of drug-likeness (QED) is 0.777. The predicted octanol–water partition coefficient (Wildman–Crippen LogP) is 3.33. The summed E-state index contributed by atoms with van der Waals surface area (Å²) in [5.74, 6) is 0. The number of aromatic nitrogens is 1. The molecule has 0 amide bonds. The minimum absolute atomic E-state index is 0.0112. The third kappa shape index (κ3) is 7.81. The molecule has 0 aromatic carbocycles. The van der Waals surface area contributed by atoms with Gasteiger partial charge in [0.25, 0.3) is 0 Å². The topological polar surface area (TPSA) is 34.1 Å². The Labute approximate surface area is 125 Å². The number of nitrogens with zero attached hydrogens (tertiary/aromatic N) is 1. The Morgan fingerprint density at radius 1 is 1.40 bits per heavy atom. The monoisotopic (exact) mass is 354 g/mol. The Balaban J connectivity index is 2.48. The summed E-state index contributed by atoms with van der Waals surface area (Å²) in [6.07, 6.45) is -1.18. The van der Waals surface area contributed by atoms with Crippen molar-refractivity contribution >= 4 is 15.9 Å². The first-order valence-corrected chi connectivity index (χ1v) is 7.18. The van der Waals surface area contributed by atoms with Crippen LogP contribution in [0.25, 0.3) is 0 Å². The van der Waals surface area contributed by atoms with Crippen LogP contribution in [0.4, 0.5) is 13.2 Å². The Kier molecular flexibility index (Phi) is 7.47. The first kappa shape index (κ1) is 17.4. The molecule has 0 aliphatic heterocycles. The number of rotatable bonds is 8. The van der Waals surface area contributed by atoms with Crippen molar-refractivity contribution in [2.45, 2.75) is 32.0 Å². The Bertz CT molecular complexity index is 384. The molecule has 114 valence electrons. The van der Waals surface area contributed by atoms with Crippen molar-refractivity contribution in [2.75, 3.05) is 19.8 Å². The molecule has 1 atom stereocenters. The maximum absolute atomic E-state index is 12.1. The standard InChI is InChI=1S/C13H18BrF3N2O/c1-2-5-18-12(8-20-9-13(15,16)17)6-11-4-3-10(14)7-19-11/h3-4,7,12,18H,2,5-6,8-9H2,1H3. The van der Waals surface area contributed by atoms with Crippen molar-refractivity contribution in [1.29, 1.82) is 0 Å². The van der Waals surface area contributed by atoms with Crippen LogP contribution in [0.2, 0.25) is 0 Å². The van der Waals surface area contributed by atoms with Gasteiger partial charge in [-0.25, -0.2) is 0 Å². The van der Waals surface area contributed by atoms with E-state index in [0.29, 0.717) is 6.42 Å². The van der Waals surface area contributed by atoms with Crippen LogP contribution in [0, 0.1) is 0 Å².